The number of carboxylic acid groups (broad SMARTS) is 1. The molecule has 0 aliphatic heterocycles. The van der Waals surface area contributed by atoms with Crippen LogP contribution >= 0.6 is 0 Å². The van der Waals surface area contributed by atoms with Crippen molar-refractivity contribution in [2.24, 2.45) is 0 Å². The molecule has 0 unspecified atom stereocenters. The molecule has 0 spiro atoms. The standard InChI is InChI=1S/C20H22N2O3/c1-25-17-6-4-5-15(11-17)12-21-13-16-14-22(10-9-20(23)24)19-8-3-2-7-18(16)19/h2-8,11,14,21H,9-10,12-13H2,1H3,(H,23,24). The van der Waals surface area contributed by atoms with Crippen LogP contribution < -0.4 is 10.1 Å². The van der Waals surface area contributed by atoms with Gasteiger partial charge in [0.25, 0.3) is 0 Å². The Morgan fingerprint density at radius 1 is 1.16 bits per heavy atom. The maximum absolute atomic E-state index is 10.9. The molecule has 5 heteroatoms. The number of carboxylic acids is 1. The second-order valence-electron chi connectivity index (χ2n) is 5.96. The van der Waals surface area contributed by atoms with Gasteiger partial charge in [-0.25, -0.2) is 0 Å². The third kappa shape index (κ3) is 4.19. The first-order valence-electron chi connectivity index (χ1n) is 8.29. The second kappa shape index (κ2) is 7.85. The molecule has 1 aromatic heterocycles. The maximum atomic E-state index is 10.9. The lowest BCUT2D eigenvalue weighted by atomic mass is 10.1. The van der Waals surface area contributed by atoms with Gasteiger partial charge in [-0.05, 0) is 29.3 Å². The zero-order valence-electron chi connectivity index (χ0n) is 14.2. The van der Waals surface area contributed by atoms with E-state index < -0.39 is 5.97 Å². The minimum Gasteiger partial charge on any atom is -0.497 e. The Labute approximate surface area is 146 Å². The summed E-state index contributed by atoms with van der Waals surface area (Å²) in [6.45, 7) is 1.94. The van der Waals surface area contributed by atoms with Gasteiger partial charge in [-0.15, -0.1) is 0 Å². The highest BCUT2D eigenvalue weighted by Crippen LogP contribution is 2.22. The summed E-state index contributed by atoms with van der Waals surface area (Å²) >= 11 is 0. The van der Waals surface area contributed by atoms with Gasteiger partial charge in [0.05, 0.1) is 13.5 Å². The molecule has 5 nitrogen and oxygen atoms in total. The van der Waals surface area contributed by atoms with Crippen LogP contribution in [-0.2, 0) is 24.4 Å². The van der Waals surface area contributed by atoms with E-state index in [-0.39, 0.29) is 6.42 Å². The first-order valence-corrected chi connectivity index (χ1v) is 8.29. The molecule has 0 saturated heterocycles. The Morgan fingerprint density at radius 3 is 2.80 bits per heavy atom. The van der Waals surface area contributed by atoms with Crippen LogP contribution in [0.3, 0.4) is 0 Å². The molecule has 3 aromatic rings. The minimum atomic E-state index is -0.782. The van der Waals surface area contributed by atoms with E-state index in [9.17, 15) is 4.79 Å². The van der Waals surface area contributed by atoms with Gasteiger partial charge in [0.1, 0.15) is 5.75 Å². The van der Waals surface area contributed by atoms with Crippen LogP contribution in [0, 0.1) is 0 Å². The zero-order valence-corrected chi connectivity index (χ0v) is 14.2. The van der Waals surface area contributed by atoms with Crippen molar-refractivity contribution in [3.8, 4) is 5.75 Å². The number of nitrogens with one attached hydrogen (secondary N) is 1. The lowest BCUT2D eigenvalue weighted by Crippen LogP contribution is -2.12. The molecule has 0 radical (unpaired) electrons. The van der Waals surface area contributed by atoms with Crippen LogP contribution in [0.1, 0.15) is 17.5 Å². The van der Waals surface area contributed by atoms with Crippen molar-refractivity contribution < 1.29 is 14.6 Å². The van der Waals surface area contributed by atoms with Gasteiger partial charge in [0, 0.05) is 36.7 Å². The number of fused-ring (bicyclic) bond motifs is 1. The van der Waals surface area contributed by atoms with E-state index in [2.05, 4.69) is 17.4 Å². The molecule has 1 heterocycles. The summed E-state index contributed by atoms with van der Waals surface area (Å²) in [7, 11) is 1.67. The number of hydrogen-bond acceptors (Lipinski definition) is 3. The Balaban J connectivity index is 1.71. The van der Waals surface area contributed by atoms with Crippen molar-refractivity contribution >= 4 is 16.9 Å². The van der Waals surface area contributed by atoms with E-state index in [1.54, 1.807) is 7.11 Å². The van der Waals surface area contributed by atoms with Gasteiger partial charge >= 0.3 is 5.97 Å². The number of ether oxygens (including phenoxy) is 1. The Bertz CT molecular complexity index is 870. The molecule has 0 amide bonds. The smallest absolute Gasteiger partial charge is 0.305 e. The summed E-state index contributed by atoms with van der Waals surface area (Å²) in [5.74, 6) is 0.0695. The predicted molar refractivity (Wildman–Crippen MR) is 97.7 cm³/mol. The summed E-state index contributed by atoms with van der Waals surface area (Å²) in [4.78, 5) is 10.9. The van der Waals surface area contributed by atoms with Crippen LogP contribution in [0.4, 0.5) is 0 Å². The first-order chi connectivity index (χ1) is 12.2. The summed E-state index contributed by atoms with van der Waals surface area (Å²) in [6, 6.07) is 16.1. The monoisotopic (exact) mass is 338 g/mol. The predicted octanol–water partition coefficient (Wildman–Crippen LogP) is 3.41. The van der Waals surface area contributed by atoms with Crippen LogP contribution in [0.5, 0.6) is 5.75 Å². The molecule has 0 atom stereocenters. The number of aryl methyl sites for hydroxylation is 1. The topological polar surface area (TPSA) is 63.5 Å². The summed E-state index contributed by atoms with van der Waals surface area (Å²) in [5, 5.41) is 13.5. The average Bonchev–Trinajstić information content (AvgIpc) is 2.98. The highest BCUT2D eigenvalue weighted by Gasteiger charge is 2.09. The molecular weight excluding hydrogens is 316 g/mol. The van der Waals surface area contributed by atoms with E-state index in [0.717, 1.165) is 35.3 Å². The molecule has 0 fully saturated rings. The summed E-state index contributed by atoms with van der Waals surface area (Å²) in [5.41, 5.74) is 3.40. The molecule has 130 valence electrons. The molecule has 25 heavy (non-hydrogen) atoms. The summed E-state index contributed by atoms with van der Waals surface area (Å²) < 4.78 is 7.27. The van der Waals surface area contributed by atoms with E-state index in [1.165, 1.54) is 5.56 Å². The highest BCUT2D eigenvalue weighted by molar-refractivity contribution is 5.84. The number of para-hydroxylation sites is 1. The molecular formula is C20H22N2O3. The van der Waals surface area contributed by atoms with Gasteiger partial charge in [-0.2, -0.15) is 0 Å². The van der Waals surface area contributed by atoms with Crippen LogP contribution in [0.15, 0.2) is 54.7 Å². The number of methoxy groups -OCH3 is 1. The lowest BCUT2D eigenvalue weighted by molar-refractivity contribution is -0.137. The fourth-order valence-corrected chi connectivity index (χ4v) is 2.99. The van der Waals surface area contributed by atoms with Crippen LogP contribution in [0.25, 0.3) is 10.9 Å². The fraction of sp³-hybridized carbons (Fsp3) is 0.250. The van der Waals surface area contributed by atoms with Crippen molar-refractivity contribution in [2.45, 2.75) is 26.1 Å². The Hall–Kier alpha value is -2.79. The number of rotatable bonds is 8. The van der Waals surface area contributed by atoms with Crippen molar-refractivity contribution in [2.75, 3.05) is 7.11 Å². The molecule has 0 aliphatic rings. The van der Waals surface area contributed by atoms with Crippen molar-refractivity contribution in [1.29, 1.82) is 0 Å². The highest BCUT2D eigenvalue weighted by atomic mass is 16.5. The molecule has 2 aromatic carbocycles. The number of nitrogens with zero attached hydrogens (tertiary/aromatic N) is 1. The van der Waals surface area contributed by atoms with Gasteiger partial charge in [-0.1, -0.05) is 30.3 Å². The van der Waals surface area contributed by atoms with Crippen LogP contribution in [-0.4, -0.2) is 22.8 Å². The lowest BCUT2D eigenvalue weighted by Gasteiger charge is -2.06. The van der Waals surface area contributed by atoms with Crippen molar-refractivity contribution in [3.05, 3.63) is 65.9 Å². The quantitative estimate of drug-likeness (QED) is 0.661. The van der Waals surface area contributed by atoms with Gasteiger partial charge in [0.15, 0.2) is 0 Å². The maximum Gasteiger partial charge on any atom is 0.305 e. The largest absolute Gasteiger partial charge is 0.497 e. The fourth-order valence-electron chi connectivity index (χ4n) is 2.99. The van der Waals surface area contributed by atoms with Crippen molar-refractivity contribution in [1.82, 2.24) is 9.88 Å². The second-order valence-corrected chi connectivity index (χ2v) is 5.96. The molecule has 0 saturated carbocycles. The number of carbonyl (C=O) groups is 1. The average molecular weight is 338 g/mol. The molecule has 2 N–H and O–H groups in total. The Morgan fingerprint density at radius 2 is 2.00 bits per heavy atom. The normalized spacial score (nSPS) is 10.9. The van der Waals surface area contributed by atoms with E-state index >= 15 is 0 Å². The molecule has 3 rings (SSSR count). The third-order valence-corrected chi connectivity index (χ3v) is 4.22. The molecule has 0 aliphatic carbocycles. The van der Waals surface area contributed by atoms with Gasteiger partial charge in [0.2, 0.25) is 0 Å². The van der Waals surface area contributed by atoms with Gasteiger partial charge in [-0.3, -0.25) is 4.79 Å². The number of hydrogen-bond donors (Lipinski definition) is 2. The minimum absolute atomic E-state index is 0.120. The van der Waals surface area contributed by atoms with E-state index in [4.69, 9.17) is 9.84 Å². The van der Waals surface area contributed by atoms with Crippen molar-refractivity contribution in [3.63, 3.8) is 0 Å². The third-order valence-electron chi connectivity index (χ3n) is 4.22. The van der Waals surface area contributed by atoms with E-state index in [0.29, 0.717) is 6.54 Å². The van der Waals surface area contributed by atoms with Gasteiger partial charge < -0.3 is 19.7 Å². The Kier molecular flexibility index (Phi) is 5.36. The number of aromatic nitrogens is 1. The van der Waals surface area contributed by atoms with Crippen LogP contribution in [0.2, 0.25) is 0 Å². The SMILES string of the molecule is COc1cccc(CNCc2cn(CCC(=O)O)c3ccccc23)c1. The first kappa shape index (κ1) is 17.0. The number of aliphatic carboxylic acids is 1. The van der Waals surface area contributed by atoms with E-state index in [1.807, 2.05) is 47.2 Å². The number of benzene rings is 2. The summed E-state index contributed by atoms with van der Waals surface area (Å²) in [6.07, 6.45) is 2.17. The zero-order chi connectivity index (χ0) is 17.6. The molecule has 0 bridgehead atoms.